The summed E-state index contributed by atoms with van der Waals surface area (Å²) in [6.07, 6.45) is 7.34. The summed E-state index contributed by atoms with van der Waals surface area (Å²) in [6, 6.07) is 8.28. The summed E-state index contributed by atoms with van der Waals surface area (Å²) in [5, 5.41) is 0. The largest absolute Gasteiger partial charge is 0.489 e. The molecule has 0 spiro atoms. The first-order chi connectivity index (χ1) is 9.29. The van der Waals surface area contributed by atoms with Crippen LogP contribution in [0.5, 0.6) is 5.75 Å². The zero-order valence-corrected chi connectivity index (χ0v) is 11.8. The normalized spacial score (nSPS) is 24.5. The summed E-state index contributed by atoms with van der Waals surface area (Å²) < 4.78 is 11.3. The van der Waals surface area contributed by atoms with Crippen LogP contribution in [0.15, 0.2) is 24.3 Å². The highest BCUT2D eigenvalue weighted by atomic mass is 16.5. The molecule has 0 bridgehead atoms. The van der Waals surface area contributed by atoms with E-state index in [-0.39, 0.29) is 12.1 Å². The van der Waals surface area contributed by atoms with Gasteiger partial charge in [-0.25, -0.2) is 0 Å². The average molecular weight is 263 g/mol. The molecule has 2 rings (SSSR count). The molecule has 19 heavy (non-hydrogen) atoms. The van der Waals surface area contributed by atoms with Crippen LogP contribution in [0.25, 0.3) is 0 Å². The quantitative estimate of drug-likeness (QED) is 0.906. The first kappa shape index (κ1) is 14.4. The Balaban J connectivity index is 1.99. The second-order valence-electron chi connectivity index (χ2n) is 5.39. The van der Waals surface area contributed by atoms with Gasteiger partial charge in [-0.15, -0.1) is 0 Å². The third kappa shape index (κ3) is 4.51. The molecule has 1 aliphatic carbocycles. The summed E-state index contributed by atoms with van der Waals surface area (Å²) in [5.41, 5.74) is 7.38. The number of ether oxygens (including phenoxy) is 2. The van der Waals surface area contributed by atoms with E-state index < -0.39 is 0 Å². The second kappa shape index (κ2) is 7.51. The number of methoxy groups -OCH3 is 1. The van der Waals surface area contributed by atoms with E-state index in [1.807, 2.05) is 12.1 Å². The Morgan fingerprint density at radius 2 is 1.95 bits per heavy atom. The SMILES string of the molecule is COCc1cccc(OC2CCCCCCC2N)c1. The second-order valence-corrected chi connectivity index (χ2v) is 5.39. The van der Waals surface area contributed by atoms with Gasteiger partial charge in [-0.1, -0.05) is 31.4 Å². The van der Waals surface area contributed by atoms with Gasteiger partial charge in [0, 0.05) is 13.2 Å². The molecular weight excluding hydrogens is 238 g/mol. The average Bonchev–Trinajstić information content (AvgIpc) is 2.39. The lowest BCUT2D eigenvalue weighted by Crippen LogP contribution is -2.39. The molecule has 1 saturated carbocycles. The van der Waals surface area contributed by atoms with Crippen molar-refractivity contribution in [3.8, 4) is 5.75 Å². The van der Waals surface area contributed by atoms with E-state index in [1.54, 1.807) is 7.11 Å². The van der Waals surface area contributed by atoms with Gasteiger partial charge in [0.25, 0.3) is 0 Å². The van der Waals surface area contributed by atoms with Crippen molar-refractivity contribution >= 4 is 0 Å². The van der Waals surface area contributed by atoms with Crippen LogP contribution in [0.2, 0.25) is 0 Å². The number of hydrogen-bond donors (Lipinski definition) is 1. The molecule has 0 aromatic heterocycles. The van der Waals surface area contributed by atoms with E-state index in [0.717, 1.165) is 24.2 Å². The van der Waals surface area contributed by atoms with Gasteiger partial charge < -0.3 is 15.2 Å². The highest BCUT2D eigenvalue weighted by molar-refractivity contribution is 5.28. The predicted octanol–water partition coefficient (Wildman–Crippen LogP) is 3.26. The molecule has 1 aliphatic rings. The van der Waals surface area contributed by atoms with E-state index >= 15 is 0 Å². The van der Waals surface area contributed by atoms with Crippen molar-refractivity contribution in [2.24, 2.45) is 5.73 Å². The molecule has 1 aromatic carbocycles. The fourth-order valence-corrected chi connectivity index (χ4v) is 2.68. The smallest absolute Gasteiger partial charge is 0.120 e. The Morgan fingerprint density at radius 1 is 1.16 bits per heavy atom. The maximum atomic E-state index is 6.24. The Labute approximate surface area is 116 Å². The Kier molecular flexibility index (Phi) is 5.67. The maximum absolute atomic E-state index is 6.24. The van der Waals surface area contributed by atoms with Crippen LogP contribution >= 0.6 is 0 Å². The molecule has 3 nitrogen and oxygen atoms in total. The van der Waals surface area contributed by atoms with Crippen molar-refractivity contribution in [3.05, 3.63) is 29.8 Å². The first-order valence-corrected chi connectivity index (χ1v) is 7.29. The summed E-state index contributed by atoms with van der Waals surface area (Å²) in [5.74, 6) is 0.913. The van der Waals surface area contributed by atoms with Gasteiger partial charge in [0.1, 0.15) is 11.9 Å². The van der Waals surface area contributed by atoms with Gasteiger partial charge in [-0.2, -0.15) is 0 Å². The van der Waals surface area contributed by atoms with Gasteiger partial charge in [-0.05, 0) is 37.0 Å². The topological polar surface area (TPSA) is 44.5 Å². The molecule has 106 valence electrons. The number of hydrogen-bond acceptors (Lipinski definition) is 3. The Bertz CT molecular complexity index is 381. The lowest BCUT2D eigenvalue weighted by atomic mass is 9.95. The Morgan fingerprint density at radius 3 is 2.74 bits per heavy atom. The van der Waals surface area contributed by atoms with Crippen molar-refractivity contribution in [2.75, 3.05) is 7.11 Å². The fourth-order valence-electron chi connectivity index (χ4n) is 2.68. The molecule has 0 aliphatic heterocycles. The van der Waals surface area contributed by atoms with Gasteiger partial charge in [-0.3, -0.25) is 0 Å². The van der Waals surface area contributed by atoms with E-state index in [9.17, 15) is 0 Å². The number of benzene rings is 1. The first-order valence-electron chi connectivity index (χ1n) is 7.29. The van der Waals surface area contributed by atoms with Crippen molar-refractivity contribution < 1.29 is 9.47 Å². The summed E-state index contributed by atoms with van der Waals surface area (Å²) in [7, 11) is 1.71. The van der Waals surface area contributed by atoms with Crippen molar-refractivity contribution in [1.82, 2.24) is 0 Å². The molecule has 0 heterocycles. The molecule has 1 aromatic rings. The van der Waals surface area contributed by atoms with Crippen LogP contribution in [0.3, 0.4) is 0 Å². The molecule has 0 saturated heterocycles. The van der Waals surface area contributed by atoms with Crippen LogP contribution in [0.1, 0.15) is 44.1 Å². The van der Waals surface area contributed by atoms with Crippen LogP contribution < -0.4 is 10.5 Å². The highest BCUT2D eigenvalue weighted by Crippen LogP contribution is 2.22. The third-order valence-electron chi connectivity index (χ3n) is 3.75. The third-order valence-corrected chi connectivity index (χ3v) is 3.75. The molecule has 0 amide bonds. The van der Waals surface area contributed by atoms with E-state index in [0.29, 0.717) is 6.61 Å². The lowest BCUT2D eigenvalue weighted by molar-refractivity contribution is 0.144. The van der Waals surface area contributed by atoms with Crippen LogP contribution in [-0.2, 0) is 11.3 Å². The monoisotopic (exact) mass is 263 g/mol. The molecule has 3 heteroatoms. The van der Waals surface area contributed by atoms with Crippen LogP contribution in [0.4, 0.5) is 0 Å². The molecule has 2 atom stereocenters. The van der Waals surface area contributed by atoms with E-state index in [1.165, 1.54) is 25.7 Å². The lowest BCUT2D eigenvalue weighted by Gasteiger charge is -2.27. The van der Waals surface area contributed by atoms with Crippen LogP contribution in [0, 0.1) is 0 Å². The molecule has 0 radical (unpaired) electrons. The Hall–Kier alpha value is -1.06. The molecule has 2 N–H and O–H groups in total. The number of rotatable bonds is 4. The summed E-state index contributed by atoms with van der Waals surface area (Å²) in [6.45, 7) is 0.619. The minimum absolute atomic E-state index is 0.151. The van der Waals surface area contributed by atoms with Gasteiger partial charge in [0.2, 0.25) is 0 Å². The minimum atomic E-state index is 0.151. The van der Waals surface area contributed by atoms with Gasteiger partial charge in [0.15, 0.2) is 0 Å². The van der Waals surface area contributed by atoms with E-state index in [4.69, 9.17) is 15.2 Å². The summed E-state index contributed by atoms with van der Waals surface area (Å²) in [4.78, 5) is 0. The van der Waals surface area contributed by atoms with Gasteiger partial charge in [0.05, 0.1) is 6.61 Å². The highest BCUT2D eigenvalue weighted by Gasteiger charge is 2.21. The van der Waals surface area contributed by atoms with Gasteiger partial charge >= 0.3 is 0 Å². The minimum Gasteiger partial charge on any atom is -0.489 e. The molecule has 1 fully saturated rings. The zero-order valence-electron chi connectivity index (χ0n) is 11.8. The molecular formula is C16H25NO2. The van der Waals surface area contributed by atoms with Crippen LogP contribution in [-0.4, -0.2) is 19.3 Å². The number of nitrogens with two attached hydrogens (primary N) is 1. The molecule has 2 unspecified atom stereocenters. The summed E-state index contributed by atoms with van der Waals surface area (Å²) >= 11 is 0. The van der Waals surface area contributed by atoms with Crippen molar-refractivity contribution in [2.45, 2.75) is 57.3 Å². The zero-order chi connectivity index (χ0) is 13.5. The fraction of sp³-hybridized carbons (Fsp3) is 0.625. The predicted molar refractivity (Wildman–Crippen MR) is 77.2 cm³/mol. The maximum Gasteiger partial charge on any atom is 0.120 e. The van der Waals surface area contributed by atoms with E-state index in [2.05, 4.69) is 12.1 Å². The van der Waals surface area contributed by atoms with Crippen molar-refractivity contribution in [3.63, 3.8) is 0 Å². The van der Waals surface area contributed by atoms with Crippen molar-refractivity contribution in [1.29, 1.82) is 0 Å². The standard InChI is InChI=1S/C16H25NO2/c1-18-12-13-7-6-8-14(11-13)19-16-10-5-3-2-4-9-15(16)17/h6-8,11,15-16H,2-5,9-10,12,17H2,1H3.